The summed E-state index contributed by atoms with van der Waals surface area (Å²) in [5.41, 5.74) is 1.67. The van der Waals surface area contributed by atoms with E-state index >= 15 is 0 Å². The van der Waals surface area contributed by atoms with E-state index < -0.39 is 10.0 Å². The van der Waals surface area contributed by atoms with Crippen molar-refractivity contribution in [3.05, 3.63) is 77.7 Å². The van der Waals surface area contributed by atoms with Crippen LogP contribution in [0.4, 0.5) is 10.8 Å². The predicted molar refractivity (Wildman–Crippen MR) is 115 cm³/mol. The van der Waals surface area contributed by atoms with Gasteiger partial charge in [0.2, 0.25) is 5.13 Å². The van der Waals surface area contributed by atoms with Gasteiger partial charge in [-0.3, -0.25) is 14.8 Å². The van der Waals surface area contributed by atoms with Gasteiger partial charge in [-0.1, -0.05) is 47.7 Å². The molecule has 0 aliphatic rings. The lowest BCUT2D eigenvalue weighted by molar-refractivity contribution is 0.102. The Morgan fingerprint density at radius 2 is 1.66 bits per heavy atom. The molecule has 1 amide bonds. The van der Waals surface area contributed by atoms with Gasteiger partial charge in [0.25, 0.3) is 15.9 Å². The van der Waals surface area contributed by atoms with Crippen molar-refractivity contribution in [2.75, 3.05) is 10.0 Å². The highest BCUT2D eigenvalue weighted by Gasteiger charge is 2.16. The minimum Gasteiger partial charge on any atom is -0.296 e. The molecule has 2 heterocycles. The van der Waals surface area contributed by atoms with Crippen LogP contribution in [-0.2, 0) is 10.0 Å². The summed E-state index contributed by atoms with van der Waals surface area (Å²) >= 11 is 2.41. The lowest BCUT2D eigenvalue weighted by Gasteiger charge is -2.07. The number of nitrogens with one attached hydrogen (secondary N) is 2. The number of carbonyl (C=O) groups excluding carboxylic acids is 1. The van der Waals surface area contributed by atoms with E-state index in [2.05, 4.69) is 20.2 Å². The summed E-state index contributed by atoms with van der Waals surface area (Å²) in [7, 11) is -3.62. The molecule has 0 radical (unpaired) electrons. The van der Waals surface area contributed by atoms with Crippen LogP contribution in [0.2, 0.25) is 0 Å². The van der Waals surface area contributed by atoms with Gasteiger partial charge in [0.15, 0.2) is 0 Å². The van der Waals surface area contributed by atoms with E-state index in [0.29, 0.717) is 21.4 Å². The van der Waals surface area contributed by atoms with Crippen LogP contribution >= 0.6 is 22.7 Å². The minimum atomic E-state index is -3.62. The smallest absolute Gasteiger partial charge is 0.271 e. The molecule has 0 aliphatic carbocycles. The molecule has 0 bridgehead atoms. The van der Waals surface area contributed by atoms with E-state index in [-0.39, 0.29) is 10.1 Å². The second-order valence-electron chi connectivity index (χ2n) is 5.85. The Morgan fingerprint density at radius 1 is 0.897 bits per heavy atom. The van der Waals surface area contributed by atoms with Gasteiger partial charge in [-0.15, -0.1) is 21.5 Å². The standard InChI is InChI=1S/C19H14N4O3S3/c24-17(20-19-22-21-18(28-19)14-5-2-1-3-6-14)13-8-10-15(11-9-13)23-29(25,26)16-7-4-12-27-16/h1-12,23H,(H,20,22,24). The van der Waals surface area contributed by atoms with E-state index in [0.717, 1.165) is 16.9 Å². The van der Waals surface area contributed by atoms with Crippen molar-refractivity contribution in [2.24, 2.45) is 0 Å². The molecule has 0 unspecified atom stereocenters. The van der Waals surface area contributed by atoms with Gasteiger partial charge < -0.3 is 0 Å². The first-order valence-electron chi connectivity index (χ1n) is 8.38. The second-order valence-corrected chi connectivity index (χ2v) is 9.68. The third kappa shape index (κ3) is 4.50. The summed E-state index contributed by atoms with van der Waals surface area (Å²) in [6.45, 7) is 0. The number of carbonyl (C=O) groups is 1. The van der Waals surface area contributed by atoms with Crippen molar-refractivity contribution in [1.82, 2.24) is 10.2 Å². The van der Waals surface area contributed by atoms with Gasteiger partial charge in [0, 0.05) is 16.8 Å². The summed E-state index contributed by atoms with van der Waals surface area (Å²) in [6, 6.07) is 18.9. The SMILES string of the molecule is O=C(Nc1nnc(-c2ccccc2)s1)c1ccc(NS(=O)(=O)c2cccs2)cc1. The van der Waals surface area contributed by atoms with Crippen LogP contribution in [0.5, 0.6) is 0 Å². The van der Waals surface area contributed by atoms with Crippen molar-refractivity contribution in [2.45, 2.75) is 4.21 Å². The van der Waals surface area contributed by atoms with Crippen molar-refractivity contribution in [3.8, 4) is 10.6 Å². The minimum absolute atomic E-state index is 0.227. The van der Waals surface area contributed by atoms with Crippen molar-refractivity contribution < 1.29 is 13.2 Å². The van der Waals surface area contributed by atoms with Crippen LogP contribution in [0.15, 0.2) is 76.3 Å². The second kappa shape index (κ2) is 8.11. The summed E-state index contributed by atoms with van der Waals surface area (Å²) in [5.74, 6) is -0.353. The number of amides is 1. The van der Waals surface area contributed by atoms with E-state index in [1.54, 1.807) is 23.6 Å². The summed E-state index contributed by atoms with van der Waals surface area (Å²) < 4.78 is 27.2. The Morgan fingerprint density at radius 3 is 2.34 bits per heavy atom. The number of nitrogens with zero attached hydrogens (tertiary/aromatic N) is 2. The average molecular weight is 443 g/mol. The molecular weight excluding hydrogens is 428 g/mol. The number of anilines is 2. The number of hydrogen-bond acceptors (Lipinski definition) is 7. The molecule has 0 saturated carbocycles. The number of hydrogen-bond donors (Lipinski definition) is 2. The van der Waals surface area contributed by atoms with E-state index in [1.165, 1.54) is 29.5 Å². The Labute approximate surface area is 175 Å². The zero-order valence-corrected chi connectivity index (χ0v) is 17.2. The van der Waals surface area contributed by atoms with Gasteiger partial charge in [0.05, 0.1) is 0 Å². The molecule has 7 nitrogen and oxygen atoms in total. The van der Waals surface area contributed by atoms with Crippen LogP contribution in [0.1, 0.15) is 10.4 Å². The van der Waals surface area contributed by atoms with Crippen molar-refractivity contribution in [3.63, 3.8) is 0 Å². The number of rotatable bonds is 6. The molecule has 0 saturated heterocycles. The number of benzene rings is 2. The van der Waals surface area contributed by atoms with Crippen molar-refractivity contribution >= 4 is 49.4 Å². The monoisotopic (exact) mass is 442 g/mol. The quantitative estimate of drug-likeness (QED) is 0.463. The summed E-state index contributed by atoms with van der Waals surface area (Å²) in [6.07, 6.45) is 0. The van der Waals surface area contributed by atoms with Crippen LogP contribution in [0.3, 0.4) is 0 Å². The maximum absolute atomic E-state index is 12.4. The van der Waals surface area contributed by atoms with Crippen LogP contribution in [0.25, 0.3) is 10.6 Å². The topological polar surface area (TPSA) is 101 Å². The maximum Gasteiger partial charge on any atom is 0.271 e. The normalized spacial score (nSPS) is 11.2. The zero-order chi connectivity index (χ0) is 20.3. The van der Waals surface area contributed by atoms with Gasteiger partial charge in [-0.25, -0.2) is 8.42 Å². The molecule has 0 spiro atoms. The number of aromatic nitrogens is 2. The fourth-order valence-electron chi connectivity index (χ4n) is 2.45. The molecule has 10 heteroatoms. The van der Waals surface area contributed by atoms with Crippen LogP contribution < -0.4 is 10.0 Å². The largest absolute Gasteiger partial charge is 0.296 e. The van der Waals surface area contributed by atoms with Gasteiger partial charge >= 0.3 is 0 Å². The molecule has 4 rings (SSSR count). The van der Waals surface area contributed by atoms with E-state index in [9.17, 15) is 13.2 Å². The fourth-order valence-corrected chi connectivity index (χ4v) is 5.25. The third-order valence-corrected chi connectivity index (χ3v) is 7.49. The summed E-state index contributed by atoms with van der Waals surface area (Å²) in [5, 5.41) is 13.6. The molecule has 29 heavy (non-hydrogen) atoms. The Hall–Kier alpha value is -3.08. The number of thiophene rings is 1. The molecule has 146 valence electrons. The van der Waals surface area contributed by atoms with Gasteiger partial charge in [-0.2, -0.15) is 0 Å². The van der Waals surface area contributed by atoms with E-state index in [1.807, 2.05) is 30.3 Å². The lowest BCUT2D eigenvalue weighted by Crippen LogP contribution is -2.13. The molecule has 0 aliphatic heterocycles. The highest BCUT2D eigenvalue weighted by Crippen LogP contribution is 2.26. The lowest BCUT2D eigenvalue weighted by atomic mass is 10.2. The van der Waals surface area contributed by atoms with E-state index in [4.69, 9.17) is 0 Å². The summed E-state index contributed by atoms with van der Waals surface area (Å²) in [4.78, 5) is 12.4. The molecule has 0 fully saturated rings. The van der Waals surface area contributed by atoms with Gasteiger partial charge in [-0.05, 0) is 35.7 Å². The molecule has 0 atom stereocenters. The van der Waals surface area contributed by atoms with Crippen molar-refractivity contribution in [1.29, 1.82) is 0 Å². The molecule has 2 aromatic heterocycles. The van der Waals surface area contributed by atoms with Gasteiger partial charge in [0.1, 0.15) is 9.22 Å². The first kappa shape index (κ1) is 19.2. The highest BCUT2D eigenvalue weighted by atomic mass is 32.2. The maximum atomic E-state index is 12.4. The predicted octanol–water partition coefficient (Wildman–Crippen LogP) is 4.32. The third-order valence-electron chi connectivity index (χ3n) is 3.83. The average Bonchev–Trinajstić information content (AvgIpc) is 3.42. The fraction of sp³-hybridized carbons (Fsp3) is 0. The zero-order valence-electron chi connectivity index (χ0n) is 14.8. The first-order chi connectivity index (χ1) is 14.0. The highest BCUT2D eigenvalue weighted by molar-refractivity contribution is 7.94. The first-order valence-corrected chi connectivity index (χ1v) is 11.6. The molecule has 4 aromatic rings. The Balaban J connectivity index is 1.43. The molecule has 2 N–H and O–H groups in total. The Bertz CT molecular complexity index is 1220. The number of sulfonamides is 1. The van der Waals surface area contributed by atoms with Crippen LogP contribution in [-0.4, -0.2) is 24.5 Å². The molecule has 2 aromatic carbocycles. The molecular formula is C19H14N4O3S3. The Kier molecular flexibility index (Phi) is 5.38. The van der Waals surface area contributed by atoms with Crippen LogP contribution in [0, 0.1) is 0 Å².